The van der Waals surface area contributed by atoms with Gasteiger partial charge in [0.25, 0.3) is 0 Å². The van der Waals surface area contributed by atoms with Crippen molar-refractivity contribution in [1.29, 1.82) is 0 Å². The van der Waals surface area contributed by atoms with Crippen LogP contribution in [0.1, 0.15) is 36.9 Å². The van der Waals surface area contributed by atoms with E-state index in [0.717, 1.165) is 38.0 Å². The van der Waals surface area contributed by atoms with Gasteiger partial charge in [-0.15, -0.1) is 0 Å². The van der Waals surface area contributed by atoms with E-state index in [4.69, 9.17) is 0 Å². The molecule has 1 aromatic rings. The van der Waals surface area contributed by atoms with Crippen molar-refractivity contribution in [3.8, 4) is 0 Å². The number of anilines is 1. The van der Waals surface area contributed by atoms with Crippen molar-refractivity contribution in [2.75, 3.05) is 45.2 Å². The minimum Gasteiger partial charge on any atom is -0.371 e. The van der Waals surface area contributed by atoms with Crippen molar-refractivity contribution in [1.82, 2.24) is 20.1 Å². The number of hydrogen-bond acceptors (Lipinski definition) is 5. The van der Waals surface area contributed by atoms with Gasteiger partial charge < -0.3 is 20.0 Å². The zero-order valence-electron chi connectivity index (χ0n) is 18.7. The number of piperidine rings is 3. The Morgan fingerprint density at radius 3 is 2.80 bits per heavy atom. The summed E-state index contributed by atoms with van der Waals surface area (Å²) < 4.78 is 0. The molecule has 1 N–H and O–H groups in total. The van der Waals surface area contributed by atoms with E-state index in [-0.39, 0.29) is 17.9 Å². The van der Waals surface area contributed by atoms with E-state index in [2.05, 4.69) is 40.0 Å². The average Bonchev–Trinajstić information content (AvgIpc) is 2.69. The highest BCUT2D eigenvalue weighted by atomic mass is 16.2. The van der Waals surface area contributed by atoms with E-state index in [1.165, 1.54) is 11.3 Å². The van der Waals surface area contributed by atoms with Gasteiger partial charge in [-0.25, -0.2) is 0 Å². The second-order valence-electron chi connectivity index (χ2n) is 9.57. The van der Waals surface area contributed by atoms with Crippen LogP contribution in [0.4, 0.5) is 5.69 Å². The fourth-order valence-corrected chi connectivity index (χ4v) is 5.77. The van der Waals surface area contributed by atoms with Gasteiger partial charge in [0.05, 0.1) is 12.6 Å². The molecule has 2 amide bonds. The van der Waals surface area contributed by atoms with Crippen molar-refractivity contribution in [2.24, 2.45) is 11.8 Å². The number of aromatic nitrogens is 1. The smallest absolute Gasteiger partial charge is 0.234 e. The van der Waals surface area contributed by atoms with Crippen molar-refractivity contribution >= 4 is 17.5 Å². The molecular formula is C23H35N5O2. The first kappa shape index (κ1) is 21.1. The van der Waals surface area contributed by atoms with Crippen LogP contribution in [0.15, 0.2) is 12.3 Å². The third-order valence-electron chi connectivity index (χ3n) is 7.23. The zero-order valence-corrected chi connectivity index (χ0v) is 18.7. The van der Waals surface area contributed by atoms with Crippen molar-refractivity contribution < 1.29 is 9.59 Å². The molecule has 3 saturated heterocycles. The average molecular weight is 414 g/mol. The summed E-state index contributed by atoms with van der Waals surface area (Å²) in [4.78, 5) is 36.2. The number of nitrogens with zero attached hydrogens (tertiary/aromatic N) is 4. The van der Waals surface area contributed by atoms with Gasteiger partial charge in [-0.05, 0) is 70.7 Å². The number of aryl methyl sites for hydroxylation is 1. The molecule has 2 bridgehead atoms. The third-order valence-corrected chi connectivity index (χ3v) is 7.23. The minimum atomic E-state index is 0.0244. The highest BCUT2D eigenvalue weighted by molar-refractivity contribution is 5.79. The number of pyridine rings is 1. The molecular weight excluding hydrogens is 378 g/mol. The molecule has 164 valence electrons. The van der Waals surface area contributed by atoms with Gasteiger partial charge >= 0.3 is 0 Å². The maximum absolute atomic E-state index is 12.9. The zero-order chi connectivity index (χ0) is 21.4. The normalized spacial score (nSPS) is 28.5. The molecule has 1 aromatic heterocycles. The molecule has 0 unspecified atom stereocenters. The Labute approximate surface area is 179 Å². The van der Waals surface area contributed by atoms with E-state index < -0.39 is 0 Å². The molecule has 3 aliphatic rings. The highest BCUT2D eigenvalue weighted by Gasteiger charge is 2.49. The Morgan fingerprint density at radius 1 is 1.27 bits per heavy atom. The summed E-state index contributed by atoms with van der Waals surface area (Å²) in [7, 11) is 3.79. The van der Waals surface area contributed by atoms with Crippen LogP contribution in [0.25, 0.3) is 0 Å². The Kier molecular flexibility index (Phi) is 6.00. The molecule has 7 nitrogen and oxygen atoms in total. The number of nitrogens with one attached hydrogen (secondary N) is 1. The fraction of sp³-hybridized carbons (Fsp3) is 0.696. The molecule has 7 heteroatoms. The van der Waals surface area contributed by atoms with Gasteiger partial charge in [-0.2, -0.15) is 0 Å². The van der Waals surface area contributed by atoms with Gasteiger partial charge in [-0.1, -0.05) is 0 Å². The first-order valence-corrected chi connectivity index (χ1v) is 11.2. The Balaban J connectivity index is 1.58. The fourth-order valence-electron chi connectivity index (χ4n) is 5.77. The monoisotopic (exact) mass is 413 g/mol. The van der Waals surface area contributed by atoms with Gasteiger partial charge in [-0.3, -0.25) is 14.6 Å². The molecule has 3 fully saturated rings. The lowest BCUT2D eigenvalue weighted by atomic mass is 9.72. The minimum absolute atomic E-state index is 0.0244. The van der Waals surface area contributed by atoms with Crippen LogP contribution < -0.4 is 10.2 Å². The quantitative estimate of drug-likeness (QED) is 0.794. The van der Waals surface area contributed by atoms with Crippen LogP contribution in [-0.4, -0.2) is 79.0 Å². The number of rotatable bonds is 5. The van der Waals surface area contributed by atoms with Crippen LogP contribution in [0.2, 0.25) is 0 Å². The van der Waals surface area contributed by atoms with Gasteiger partial charge in [0.2, 0.25) is 11.8 Å². The molecule has 3 aliphatic heterocycles. The van der Waals surface area contributed by atoms with Gasteiger partial charge in [0.15, 0.2) is 0 Å². The SMILES string of the molecule is Cc1nccc(N2C[C@H]3C[C@@H](C2)[C@H](CNC(=O)CN(C)C)N2C(=O)CCC[C@@H]32)c1C. The topological polar surface area (TPSA) is 68.8 Å². The summed E-state index contributed by atoms with van der Waals surface area (Å²) in [5, 5.41) is 3.11. The lowest BCUT2D eigenvalue weighted by Gasteiger charge is -2.57. The predicted octanol–water partition coefficient (Wildman–Crippen LogP) is 1.58. The predicted molar refractivity (Wildman–Crippen MR) is 117 cm³/mol. The largest absolute Gasteiger partial charge is 0.371 e. The third kappa shape index (κ3) is 4.04. The van der Waals surface area contributed by atoms with Crippen LogP contribution >= 0.6 is 0 Å². The van der Waals surface area contributed by atoms with E-state index >= 15 is 0 Å². The summed E-state index contributed by atoms with van der Waals surface area (Å²) >= 11 is 0. The molecule has 4 atom stereocenters. The summed E-state index contributed by atoms with van der Waals surface area (Å²) in [5.74, 6) is 1.16. The maximum atomic E-state index is 12.9. The van der Waals surface area contributed by atoms with Crippen molar-refractivity contribution in [2.45, 2.75) is 51.6 Å². The van der Waals surface area contributed by atoms with E-state index in [9.17, 15) is 9.59 Å². The first-order valence-electron chi connectivity index (χ1n) is 11.2. The van der Waals surface area contributed by atoms with Gasteiger partial charge in [0, 0.05) is 49.7 Å². The number of likely N-dealkylation sites (N-methyl/N-ethyl adjacent to an activating group) is 1. The van der Waals surface area contributed by atoms with Crippen LogP contribution in [0.5, 0.6) is 0 Å². The summed E-state index contributed by atoms with van der Waals surface area (Å²) in [6.07, 6.45) is 5.74. The molecule has 4 heterocycles. The van der Waals surface area contributed by atoms with Crippen molar-refractivity contribution in [3.63, 3.8) is 0 Å². The lowest BCUT2D eigenvalue weighted by molar-refractivity contribution is -0.149. The van der Waals surface area contributed by atoms with Crippen LogP contribution in [-0.2, 0) is 9.59 Å². The van der Waals surface area contributed by atoms with Crippen LogP contribution in [0.3, 0.4) is 0 Å². The summed E-state index contributed by atoms with van der Waals surface area (Å²) in [5.41, 5.74) is 3.58. The lowest BCUT2D eigenvalue weighted by Crippen LogP contribution is -2.67. The van der Waals surface area contributed by atoms with E-state index in [0.29, 0.717) is 37.4 Å². The second-order valence-corrected chi connectivity index (χ2v) is 9.57. The molecule has 0 aromatic carbocycles. The van der Waals surface area contributed by atoms with Gasteiger partial charge in [0.1, 0.15) is 0 Å². The maximum Gasteiger partial charge on any atom is 0.234 e. The standard InChI is InChI=1S/C23H35N5O2/c1-15-16(2)24-9-8-19(15)27-12-17-10-18(13-27)21(11-25-22(29)14-26(3)4)28-20(17)6-5-7-23(28)30/h8-9,17-18,20-21H,5-7,10-14H2,1-4H3,(H,25,29)/t17-,18+,20+,21+/m1/s1. The molecule has 0 saturated carbocycles. The number of fused-ring (bicyclic) bond motifs is 4. The Morgan fingerprint density at radius 2 is 2.03 bits per heavy atom. The number of amides is 2. The summed E-state index contributed by atoms with van der Waals surface area (Å²) in [6, 6.07) is 2.50. The summed E-state index contributed by atoms with van der Waals surface area (Å²) in [6.45, 7) is 7.06. The molecule has 0 aliphatic carbocycles. The number of hydrogen-bond donors (Lipinski definition) is 1. The Bertz CT molecular complexity index is 811. The molecule has 0 spiro atoms. The molecule has 0 radical (unpaired) electrons. The number of carbonyl (C=O) groups is 2. The second kappa shape index (κ2) is 8.53. The van der Waals surface area contributed by atoms with Crippen LogP contribution in [0, 0.1) is 25.7 Å². The number of carbonyl (C=O) groups excluding carboxylic acids is 2. The molecule has 30 heavy (non-hydrogen) atoms. The van der Waals surface area contributed by atoms with E-state index in [1.807, 2.05) is 25.2 Å². The Hall–Kier alpha value is -2.15. The first-order chi connectivity index (χ1) is 14.3. The molecule has 4 rings (SSSR count). The highest BCUT2D eigenvalue weighted by Crippen LogP contribution is 2.43. The van der Waals surface area contributed by atoms with E-state index in [1.54, 1.807) is 0 Å². The van der Waals surface area contributed by atoms with Crippen molar-refractivity contribution in [3.05, 3.63) is 23.5 Å².